The highest BCUT2D eigenvalue weighted by atomic mass is 32.2. The molecule has 2 aliphatic heterocycles. The Morgan fingerprint density at radius 2 is 1.78 bits per heavy atom. The molecule has 0 bridgehead atoms. The van der Waals surface area contributed by atoms with Crippen molar-refractivity contribution in [2.75, 3.05) is 39.3 Å². The van der Waals surface area contributed by atoms with Crippen molar-refractivity contribution in [3.05, 3.63) is 29.8 Å². The molecule has 2 heterocycles. The average Bonchev–Trinajstić information content (AvgIpc) is 3.06. The lowest BCUT2D eigenvalue weighted by molar-refractivity contribution is 0.101. The molecule has 1 N–H and O–H groups in total. The first-order valence-corrected chi connectivity index (χ1v) is 9.48. The number of rotatable bonds is 4. The van der Waals surface area contributed by atoms with Crippen LogP contribution in [0.5, 0.6) is 0 Å². The zero-order valence-electron chi connectivity index (χ0n) is 13.4. The van der Waals surface area contributed by atoms with E-state index >= 15 is 0 Å². The monoisotopic (exact) mass is 337 g/mol. The molecule has 2 fully saturated rings. The number of ketones is 1. The summed E-state index contributed by atoms with van der Waals surface area (Å²) in [7, 11) is -3.47. The maximum atomic E-state index is 12.8. The Kier molecular flexibility index (Phi) is 4.82. The van der Waals surface area contributed by atoms with Crippen molar-refractivity contribution in [1.29, 1.82) is 0 Å². The predicted molar refractivity (Wildman–Crippen MR) is 88.1 cm³/mol. The van der Waals surface area contributed by atoms with Crippen LogP contribution in [-0.4, -0.2) is 68.7 Å². The number of nitrogens with one attached hydrogen (secondary N) is 1. The Hall–Kier alpha value is -1.28. The van der Waals surface area contributed by atoms with Gasteiger partial charge in [-0.2, -0.15) is 4.31 Å². The van der Waals surface area contributed by atoms with E-state index in [9.17, 15) is 13.2 Å². The summed E-state index contributed by atoms with van der Waals surface area (Å²) < 4.78 is 27.1. The average molecular weight is 337 g/mol. The third-order valence-corrected chi connectivity index (χ3v) is 6.57. The first-order chi connectivity index (χ1) is 11.0. The van der Waals surface area contributed by atoms with Gasteiger partial charge in [-0.15, -0.1) is 0 Å². The Balaban J connectivity index is 1.71. The van der Waals surface area contributed by atoms with Crippen molar-refractivity contribution in [3.8, 4) is 0 Å². The summed E-state index contributed by atoms with van der Waals surface area (Å²) in [6, 6.07) is 6.54. The quantitative estimate of drug-likeness (QED) is 0.813. The highest BCUT2D eigenvalue weighted by Gasteiger charge is 2.35. The molecule has 3 rings (SSSR count). The van der Waals surface area contributed by atoms with Crippen LogP contribution in [0.3, 0.4) is 0 Å². The van der Waals surface area contributed by atoms with Gasteiger partial charge in [0, 0.05) is 50.9 Å². The summed E-state index contributed by atoms with van der Waals surface area (Å²) >= 11 is 0. The van der Waals surface area contributed by atoms with Gasteiger partial charge in [0.2, 0.25) is 10.0 Å². The van der Waals surface area contributed by atoms with Gasteiger partial charge in [-0.1, -0.05) is 12.1 Å². The van der Waals surface area contributed by atoms with Crippen molar-refractivity contribution >= 4 is 15.8 Å². The topological polar surface area (TPSA) is 69.7 Å². The van der Waals surface area contributed by atoms with Crippen LogP contribution in [-0.2, 0) is 10.0 Å². The van der Waals surface area contributed by atoms with Crippen LogP contribution in [0.15, 0.2) is 29.2 Å². The Bertz CT molecular complexity index is 666. The second-order valence-corrected chi connectivity index (χ2v) is 8.11. The molecule has 1 aromatic carbocycles. The van der Waals surface area contributed by atoms with Gasteiger partial charge >= 0.3 is 0 Å². The molecule has 0 aromatic heterocycles. The lowest BCUT2D eigenvalue weighted by atomic mass is 10.2. The van der Waals surface area contributed by atoms with Crippen LogP contribution in [0.4, 0.5) is 0 Å². The molecule has 6 nitrogen and oxygen atoms in total. The van der Waals surface area contributed by atoms with E-state index in [0.717, 1.165) is 32.6 Å². The van der Waals surface area contributed by atoms with E-state index < -0.39 is 10.0 Å². The molecule has 1 atom stereocenters. The number of benzene rings is 1. The number of sulfonamides is 1. The van der Waals surface area contributed by atoms with Gasteiger partial charge < -0.3 is 5.32 Å². The molecule has 2 saturated heterocycles. The minimum Gasteiger partial charge on any atom is -0.314 e. The van der Waals surface area contributed by atoms with E-state index in [-0.39, 0.29) is 10.7 Å². The van der Waals surface area contributed by atoms with Gasteiger partial charge in [0.1, 0.15) is 0 Å². The van der Waals surface area contributed by atoms with Gasteiger partial charge in [0.25, 0.3) is 0 Å². The minimum atomic E-state index is -3.47. The molecule has 126 valence electrons. The van der Waals surface area contributed by atoms with E-state index in [2.05, 4.69) is 10.2 Å². The highest BCUT2D eigenvalue weighted by molar-refractivity contribution is 7.89. The second-order valence-electron chi connectivity index (χ2n) is 6.17. The van der Waals surface area contributed by atoms with Crippen LogP contribution in [0, 0.1) is 0 Å². The second kappa shape index (κ2) is 6.68. The summed E-state index contributed by atoms with van der Waals surface area (Å²) in [6.45, 7) is 6.48. The van der Waals surface area contributed by atoms with Crippen LogP contribution >= 0.6 is 0 Å². The lowest BCUT2D eigenvalue weighted by Gasteiger charge is -2.32. The van der Waals surface area contributed by atoms with Crippen LogP contribution in [0.25, 0.3) is 0 Å². The number of piperazine rings is 1. The number of carbonyl (C=O) groups is 1. The summed E-state index contributed by atoms with van der Waals surface area (Å²) in [5.74, 6) is -0.0612. The molecule has 7 heteroatoms. The van der Waals surface area contributed by atoms with Crippen LogP contribution in [0.2, 0.25) is 0 Å². The largest absolute Gasteiger partial charge is 0.314 e. The number of Topliss-reactive ketones (excluding diaryl/α,β-unsaturated/α-hetero) is 1. The third-order valence-electron chi connectivity index (χ3n) is 4.69. The fourth-order valence-corrected chi connectivity index (χ4v) is 4.78. The molecule has 0 saturated carbocycles. The highest BCUT2D eigenvalue weighted by Crippen LogP contribution is 2.24. The molecule has 0 amide bonds. The van der Waals surface area contributed by atoms with Crippen molar-refractivity contribution in [1.82, 2.24) is 14.5 Å². The van der Waals surface area contributed by atoms with E-state index in [1.54, 1.807) is 16.4 Å². The number of nitrogens with zero attached hydrogens (tertiary/aromatic N) is 2. The van der Waals surface area contributed by atoms with E-state index in [1.807, 2.05) is 0 Å². The van der Waals surface area contributed by atoms with E-state index in [4.69, 9.17) is 0 Å². The summed E-state index contributed by atoms with van der Waals surface area (Å²) in [6.07, 6.45) is 0.880. The Morgan fingerprint density at radius 3 is 2.39 bits per heavy atom. The molecule has 0 radical (unpaired) electrons. The normalized spacial score (nSPS) is 24.0. The summed E-state index contributed by atoms with van der Waals surface area (Å²) in [5.41, 5.74) is 0.532. The van der Waals surface area contributed by atoms with Gasteiger partial charge in [-0.25, -0.2) is 8.42 Å². The third kappa shape index (κ3) is 3.47. The van der Waals surface area contributed by atoms with Crippen molar-refractivity contribution in [3.63, 3.8) is 0 Å². The molecule has 0 spiro atoms. The molecule has 23 heavy (non-hydrogen) atoms. The van der Waals surface area contributed by atoms with Crippen LogP contribution < -0.4 is 5.32 Å². The first-order valence-electron chi connectivity index (χ1n) is 8.04. The zero-order valence-corrected chi connectivity index (χ0v) is 14.2. The smallest absolute Gasteiger partial charge is 0.243 e. The Labute approximate surface area is 137 Å². The lowest BCUT2D eigenvalue weighted by Crippen LogP contribution is -2.49. The van der Waals surface area contributed by atoms with Gasteiger partial charge in [0.05, 0.1) is 4.90 Å². The first kappa shape index (κ1) is 16.6. The van der Waals surface area contributed by atoms with Gasteiger partial charge in [0.15, 0.2) is 5.78 Å². The number of hydrogen-bond acceptors (Lipinski definition) is 5. The summed E-state index contributed by atoms with van der Waals surface area (Å²) in [5, 5.41) is 3.32. The Morgan fingerprint density at radius 1 is 1.13 bits per heavy atom. The fraction of sp³-hybridized carbons (Fsp3) is 0.562. The van der Waals surface area contributed by atoms with E-state index in [1.165, 1.54) is 19.1 Å². The van der Waals surface area contributed by atoms with E-state index in [0.29, 0.717) is 24.7 Å². The van der Waals surface area contributed by atoms with Crippen molar-refractivity contribution in [2.24, 2.45) is 0 Å². The van der Waals surface area contributed by atoms with Crippen molar-refractivity contribution < 1.29 is 13.2 Å². The SMILES string of the molecule is CC(=O)c1ccc(S(=O)(=O)N2CCC(N3CCNCC3)C2)cc1. The molecule has 1 unspecified atom stereocenters. The number of carbonyl (C=O) groups excluding carboxylic acids is 1. The standard InChI is InChI=1S/C16H23N3O3S/c1-13(20)14-2-4-16(5-3-14)23(21,22)19-9-6-15(12-19)18-10-7-17-8-11-18/h2-5,15,17H,6-12H2,1H3. The number of hydrogen-bond donors (Lipinski definition) is 1. The molecular weight excluding hydrogens is 314 g/mol. The van der Waals surface area contributed by atoms with Gasteiger partial charge in [-0.3, -0.25) is 9.69 Å². The zero-order chi connectivity index (χ0) is 16.4. The molecule has 1 aromatic rings. The maximum absolute atomic E-state index is 12.8. The van der Waals surface area contributed by atoms with Crippen molar-refractivity contribution in [2.45, 2.75) is 24.3 Å². The molecular formula is C16H23N3O3S. The maximum Gasteiger partial charge on any atom is 0.243 e. The predicted octanol–water partition coefficient (Wildman–Crippen LogP) is 0.557. The molecule has 0 aliphatic carbocycles. The molecule has 2 aliphatic rings. The van der Waals surface area contributed by atoms with Gasteiger partial charge in [-0.05, 0) is 25.5 Å². The minimum absolute atomic E-state index is 0.0612. The fourth-order valence-electron chi connectivity index (χ4n) is 3.28. The van der Waals surface area contributed by atoms with Crippen LogP contribution in [0.1, 0.15) is 23.7 Å². The summed E-state index contributed by atoms with van der Waals surface area (Å²) in [4.78, 5) is 14.0.